The van der Waals surface area contributed by atoms with E-state index in [4.69, 9.17) is 4.74 Å². The van der Waals surface area contributed by atoms with Gasteiger partial charge >= 0.3 is 5.97 Å². The van der Waals surface area contributed by atoms with Crippen molar-refractivity contribution < 1.29 is 14.3 Å². The van der Waals surface area contributed by atoms with Crippen molar-refractivity contribution in [2.75, 3.05) is 0 Å². The second-order valence-corrected chi connectivity index (χ2v) is 12.3. The maximum Gasteiger partial charge on any atom is 0.306 e. The summed E-state index contributed by atoms with van der Waals surface area (Å²) in [5.74, 6) is -0.441. The van der Waals surface area contributed by atoms with Crippen molar-refractivity contribution in [1.29, 1.82) is 5.26 Å². The van der Waals surface area contributed by atoms with E-state index in [0.29, 0.717) is 23.1 Å². The Kier molecular flexibility index (Phi) is 14.8. The molecule has 0 spiro atoms. The highest BCUT2D eigenvalue weighted by atomic mass is 79.9. The first-order chi connectivity index (χ1) is 20.5. The van der Waals surface area contributed by atoms with Crippen molar-refractivity contribution in [2.45, 2.75) is 115 Å². The number of pyridine rings is 1. The molecule has 1 atom stereocenters. The number of benzene rings is 1. The lowest BCUT2D eigenvalue weighted by Gasteiger charge is -2.39. The molecule has 0 aliphatic heterocycles. The van der Waals surface area contributed by atoms with E-state index in [1.165, 1.54) is 44.6 Å². The zero-order valence-electron chi connectivity index (χ0n) is 25.1. The van der Waals surface area contributed by atoms with E-state index in [1.807, 2.05) is 36.4 Å². The number of carbonyl (C=O) groups excluding carboxylic acids is 2. The van der Waals surface area contributed by atoms with Crippen LogP contribution in [-0.2, 0) is 20.9 Å². The number of hydrogen-bond donors (Lipinski definition) is 1. The van der Waals surface area contributed by atoms with Crippen LogP contribution in [0.1, 0.15) is 114 Å². The van der Waals surface area contributed by atoms with E-state index in [0.717, 1.165) is 50.5 Å². The van der Waals surface area contributed by atoms with Gasteiger partial charge in [0, 0.05) is 12.0 Å². The minimum Gasteiger partial charge on any atom is -0.461 e. The molecule has 6 nitrogen and oxygen atoms in total. The number of carbonyl (C=O) groups is 2. The molecule has 1 N–H and O–H groups in total. The number of nitrogens with zero attached hydrogens (tertiary/aromatic N) is 2. The molecule has 0 bridgehead atoms. The first kappa shape index (κ1) is 33.5. The fraction of sp³-hybridized carbons (Fsp3) is 0.543. The van der Waals surface area contributed by atoms with Gasteiger partial charge in [-0.1, -0.05) is 108 Å². The molecule has 1 aliphatic carbocycles. The highest BCUT2D eigenvalue weighted by Gasteiger charge is 2.42. The van der Waals surface area contributed by atoms with Crippen LogP contribution in [0, 0.1) is 17.2 Å². The zero-order chi connectivity index (χ0) is 30.0. The second kappa shape index (κ2) is 18.5. The molecule has 1 aromatic heterocycles. The average Bonchev–Trinajstić information content (AvgIpc) is 3.47. The molecule has 1 amide bonds. The fourth-order valence-corrected chi connectivity index (χ4v) is 6.42. The van der Waals surface area contributed by atoms with Crippen molar-refractivity contribution in [1.82, 2.24) is 10.3 Å². The first-order valence-corrected chi connectivity index (χ1v) is 16.5. The van der Waals surface area contributed by atoms with Crippen LogP contribution in [0.3, 0.4) is 0 Å². The van der Waals surface area contributed by atoms with Gasteiger partial charge in [0.1, 0.15) is 22.9 Å². The molecule has 3 rings (SSSR count). The lowest BCUT2D eigenvalue weighted by molar-refractivity contribution is -0.145. The van der Waals surface area contributed by atoms with Gasteiger partial charge in [-0.05, 0) is 71.3 Å². The van der Waals surface area contributed by atoms with Crippen molar-refractivity contribution in [3.63, 3.8) is 0 Å². The Bertz CT molecular complexity index is 1190. The number of esters is 1. The van der Waals surface area contributed by atoms with Gasteiger partial charge in [-0.2, -0.15) is 5.26 Å². The Hall–Kier alpha value is -2.98. The Morgan fingerprint density at radius 1 is 1.00 bits per heavy atom. The minimum absolute atomic E-state index is 0.0416. The van der Waals surface area contributed by atoms with Crippen molar-refractivity contribution in [2.24, 2.45) is 5.92 Å². The van der Waals surface area contributed by atoms with Crippen LogP contribution >= 0.6 is 15.9 Å². The molecule has 0 saturated heterocycles. The van der Waals surface area contributed by atoms with Gasteiger partial charge in [0.15, 0.2) is 0 Å². The third-order valence-corrected chi connectivity index (χ3v) is 8.82. The Labute approximate surface area is 260 Å². The Balaban J connectivity index is 1.68. The quantitative estimate of drug-likeness (QED) is 0.0580. The third kappa shape index (κ3) is 11.4. The summed E-state index contributed by atoms with van der Waals surface area (Å²) in [5.41, 5.74) is 1.13. The van der Waals surface area contributed by atoms with Gasteiger partial charge in [0.2, 0.25) is 0 Å². The number of ether oxygens (including phenoxy) is 1. The monoisotopic (exact) mass is 635 g/mol. The summed E-state index contributed by atoms with van der Waals surface area (Å²) in [5, 5.41) is 13.2. The van der Waals surface area contributed by atoms with Crippen LogP contribution in [0.5, 0.6) is 0 Å². The molecular formula is C35H46BrN3O3. The molecule has 1 fully saturated rings. The summed E-state index contributed by atoms with van der Waals surface area (Å²) in [4.78, 5) is 30.6. The van der Waals surface area contributed by atoms with Crippen LogP contribution in [-0.4, -0.2) is 22.4 Å². The number of halogens is 1. The van der Waals surface area contributed by atoms with Crippen LogP contribution in [0.15, 0.2) is 58.7 Å². The lowest BCUT2D eigenvalue weighted by atomic mass is 9.76. The summed E-state index contributed by atoms with van der Waals surface area (Å²) >= 11 is 3.35. The largest absolute Gasteiger partial charge is 0.461 e. The molecule has 1 unspecified atom stereocenters. The smallest absolute Gasteiger partial charge is 0.306 e. The predicted molar refractivity (Wildman–Crippen MR) is 171 cm³/mol. The SMILES string of the molecule is CCCCCCCCCCC(CCC(=O)OCc1ccccc1)C1(NC(=O)/C(C#N)=C/c2cccc(Br)n2)CCCC1. The minimum atomic E-state index is -0.432. The Morgan fingerprint density at radius 2 is 1.69 bits per heavy atom. The Morgan fingerprint density at radius 3 is 2.36 bits per heavy atom. The standard InChI is InChI=1S/C35H46BrN3O3/c1-2-3-4-5-6-7-8-12-18-30(21-22-33(40)42-27-28-16-10-9-11-17-28)35(23-13-14-24-35)39-34(41)29(26-37)25-31-19-15-20-32(36)38-31/h9-11,15-17,19-20,25,30H,2-8,12-14,18,21-24,27H2,1H3,(H,39,41)/b29-25+. The molecule has 1 saturated carbocycles. The number of nitriles is 1. The van der Waals surface area contributed by atoms with E-state index in [9.17, 15) is 14.9 Å². The molecule has 42 heavy (non-hydrogen) atoms. The topological polar surface area (TPSA) is 92.1 Å². The molecule has 1 heterocycles. The molecule has 2 aromatic rings. The number of hydrogen-bond acceptors (Lipinski definition) is 5. The van der Waals surface area contributed by atoms with E-state index in [2.05, 4.69) is 39.2 Å². The average molecular weight is 637 g/mol. The van der Waals surface area contributed by atoms with Crippen LogP contribution < -0.4 is 5.32 Å². The maximum atomic E-state index is 13.5. The van der Waals surface area contributed by atoms with Crippen molar-refractivity contribution >= 4 is 33.9 Å². The first-order valence-electron chi connectivity index (χ1n) is 15.7. The maximum absolute atomic E-state index is 13.5. The van der Waals surface area contributed by atoms with Crippen LogP contribution in [0.4, 0.5) is 0 Å². The number of unbranched alkanes of at least 4 members (excludes halogenated alkanes) is 7. The van der Waals surface area contributed by atoms with Gasteiger partial charge in [-0.25, -0.2) is 4.98 Å². The fourth-order valence-electron chi connectivity index (χ4n) is 6.06. The van der Waals surface area contributed by atoms with E-state index in [1.54, 1.807) is 12.1 Å². The van der Waals surface area contributed by atoms with E-state index < -0.39 is 5.54 Å². The molecule has 0 radical (unpaired) electrons. The normalized spacial score (nSPS) is 15.1. The van der Waals surface area contributed by atoms with E-state index >= 15 is 0 Å². The predicted octanol–water partition coefficient (Wildman–Crippen LogP) is 8.85. The number of aromatic nitrogens is 1. The van der Waals surface area contributed by atoms with Crippen molar-refractivity contribution in [3.8, 4) is 6.07 Å². The van der Waals surface area contributed by atoms with E-state index in [-0.39, 0.29) is 30.0 Å². The molecule has 1 aliphatic rings. The summed E-state index contributed by atoms with van der Waals surface area (Å²) in [6, 6.07) is 17.2. The molecule has 226 valence electrons. The van der Waals surface area contributed by atoms with Gasteiger partial charge in [-0.3, -0.25) is 9.59 Å². The number of rotatable bonds is 18. The molecular weight excluding hydrogens is 590 g/mol. The number of nitrogens with one attached hydrogen (secondary N) is 1. The van der Waals surface area contributed by atoms with Gasteiger partial charge in [0.25, 0.3) is 5.91 Å². The van der Waals surface area contributed by atoms with Crippen molar-refractivity contribution in [3.05, 3.63) is 70.0 Å². The third-order valence-electron chi connectivity index (χ3n) is 8.38. The zero-order valence-corrected chi connectivity index (χ0v) is 26.7. The van der Waals surface area contributed by atoms with Gasteiger partial charge in [-0.15, -0.1) is 0 Å². The summed E-state index contributed by atoms with van der Waals surface area (Å²) in [7, 11) is 0. The van der Waals surface area contributed by atoms with Gasteiger partial charge < -0.3 is 10.1 Å². The number of amides is 1. The summed E-state index contributed by atoms with van der Waals surface area (Å²) in [6.45, 7) is 2.51. The van der Waals surface area contributed by atoms with Crippen LogP contribution in [0.25, 0.3) is 6.08 Å². The lowest BCUT2D eigenvalue weighted by Crippen LogP contribution is -2.52. The highest BCUT2D eigenvalue weighted by molar-refractivity contribution is 9.10. The summed E-state index contributed by atoms with van der Waals surface area (Å²) < 4.78 is 6.23. The van der Waals surface area contributed by atoms with Gasteiger partial charge in [0.05, 0.1) is 5.69 Å². The second-order valence-electron chi connectivity index (χ2n) is 11.5. The van der Waals surface area contributed by atoms with Crippen LogP contribution in [0.2, 0.25) is 0 Å². The molecule has 7 heteroatoms. The highest BCUT2D eigenvalue weighted by Crippen LogP contribution is 2.41. The molecule has 1 aromatic carbocycles. The summed E-state index contributed by atoms with van der Waals surface area (Å²) in [6.07, 6.45) is 17.1.